The SMILES string of the molecule is COCC(=O)N1CCC[C@H](C(=O)NCCc2nc(-c3cccnc3)no2)C1. The molecular weight excluding hydrogens is 350 g/mol. The van der Waals surface area contributed by atoms with Gasteiger partial charge in [0.15, 0.2) is 0 Å². The van der Waals surface area contributed by atoms with Crippen molar-refractivity contribution in [2.75, 3.05) is 33.4 Å². The molecule has 1 aliphatic heterocycles. The number of ether oxygens (including phenoxy) is 1. The van der Waals surface area contributed by atoms with E-state index >= 15 is 0 Å². The van der Waals surface area contributed by atoms with Crippen LogP contribution in [0.25, 0.3) is 11.4 Å². The van der Waals surface area contributed by atoms with Gasteiger partial charge in [0.2, 0.25) is 23.5 Å². The van der Waals surface area contributed by atoms with Gasteiger partial charge in [-0.1, -0.05) is 5.16 Å². The number of hydrogen-bond acceptors (Lipinski definition) is 7. The fourth-order valence-corrected chi connectivity index (χ4v) is 3.04. The Morgan fingerprint density at radius 3 is 3.11 bits per heavy atom. The van der Waals surface area contributed by atoms with Gasteiger partial charge in [-0.05, 0) is 25.0 Å². The molecule has 27 heavy (non-hydrogen) atoms. The second-order valence-electron chi connectivity index (χ2n) is 6.41. The maximum atomic E-state index is 12.4. The van der Waals surface area contributed by atoms with E-state index in [-0.39, 0.29) is 24.3 Å². The summed E-state index contributed by atoms with van der Waals surface area (Å²) in [6, 6.07) is 3.65. The van der Waals surface area contributed by atoms with E-state index in [2.05, 4.69) is 20.4 Å². The van der Waals surface area contributed by atoms with Gasteiger partial charge in [-0.3, -0.25) is 14.6 Å². The lowest BCUT2D eigenvalue weighted by Gasteiger charge is -2.31. The Morgan fingerprint density at radius 2 is 2.33 bits per heavy atom. The molecule has 1 fully saturated rings. The van der Waals surface area contributed by atoms with Crippen molar-refractivity contribution in [2.24, 2.45) is 5.92 Å². The molecule has 2 aromatic rings. The van der Waals surface area contributed by atoms with Crippen LogP contribution in [-0.2, 0) is 20.7 Å². The summed E-state index contributed by atoms with van der Waals surface area (Å²) >= 11 is 0. The number of aromatic nitrogens is 3. The molecule has 9 heteroatoms. The number of nitrogens with zero attached hydrogens (tertiary/aromatic N) is 4. The van der Waals surface area contributed by atoms with Crippen molar-refractivity contribution >= 4 is 11.8 Å². The van der Waals surface area contributed by atoms with Crippen LogP contribution >= 0.6 is 0 Å². The standard InChI is InChI=1S/C18H23N5O4/c1-26-12-16(24)23-9-3-5-14(11-23)18(25)20-8-6-15-21-17(22-27-15)13-4-2-7-19-10-13/h2,4,7,10,14H,3,5-6,8-9,11-12H2,1H3,(H,20,25)/t14-/m0/s1. The molecule has 1 aliphatic rings. The average Bonchev–Trinajstić information content (AvgIpc) is 3.18. The summed E-state index contributed by atoms with van der Waals surface area (Å²) in [6.45, 7) is 1.55. The summed E-state index contributed by atoms with van der Waals surface area (Å²) in [7, 11) is 1.49. The normalized spacial score (nSPS) is 16.9. The van der Waals surface area contributed by atoms with Gasteiger partial charge in [-0.15, -0.1) is 0 Å². The summed E-state index contributed by atoms with van der Waals surface area (Å²) in [4.78, 5) is 34.3. The molecule has 3 rings (SSSR count). The monoisotopic (exact) mass is 373 g/mol. The highest BCUT2D eigenvalue weighted by atomic mass is 16.5. The molecule has 0 radical (unpaired) electrons. The third-order valence-electron chi connectivity index (χ3n) is 4.44. The Kier molecular flexibility index (Phi) is 6.48. The fraction of sp³-hybridized carbons (Fsp3) is 0.500. The zero-order chi connectivity index (χ0) is 19.1. The second-order valence-corrected chi connectivity index (χ2v) is 6.41. The predicted octanol–water partition coefficient (Wildman–Crippen LogP) is 0.675. The molecule has 3 heterocycles. The number of nitrogens with one attached hydrogen (secondary N) is 1. The molecule has 0 spiro atoms. The number of hydrogen-bond donors (Lipinski definition) is 1. The molecule has 1 N–H and O–H groups in total. The molecule has 144 valence electrons. The van der Waals surface area contributed by atoms with Crippen molar-refractivity contribution in [3.63, 3.8) is 0 Å². The molecule has 1 atom stereocenters. The van der Waals surface area contributed by atoms with Gasteiger partial charge in [-0.25, -0.2) is 0 Å². The lowest BCUT2D eigenvalue weighted by Crippen LogP contribution is -2.46. The number of piperidine rings is 1. The zero-order valence-electron chi connectivity index (χ0n) is 15.3. The van der Waals surface area contributed by atoms with Crippen LogP contribution in [0.2, 0.25) is 0 Å². The van der Waals surface area contributed by atoms with Crippen molar-refractivity contribution in [3.8, 4) is 11.4 Å². The smallest absolute Gasteiger partial charge is 0.248 e. The van der Waals surface area contributed by atoms with E-state index in [1.165, 1.54) is 7.11 Å². The van der Waals surface area contributed by atoms with Crippen LogP contribution in [-0.4, -0.2) is 65.2 Å². The molecule has 0 unspecified atom stereocenters. The quantitative estimate of drug-likeness (QED) is 0.759. The van der Waals surface area contributed by atoms with Crippen LogP contribution in [0.5, 0.6) is 0 Å². The minimum absolute atomic E-state index is 0.0464. The highest BCUT2D eigenvalue weighted by Gasteiger charge is 2.28. The summed E-state index contributed by atoms with van der Waals surface area (Å²) in [6.07, 6.45) is 5.36. The molecule has 0 aromatic carbocycles. The third-order valence-corrected chi connectivity index (χ3v) is 4.44. The zero-order valence-corrected chi connectivity index (χ0v) is 15.3. The second kappa shape index (κ2) is 9.22. The maximum Gasteiger partial charge on any atom is 0.248 e. The Morgan fingerprint density at radius 1 is 1.44 bits per heavy atom. The minimum Gasteiger partial charge on any atom is -0.375 e. The van der Waals surface area contributed by atoms with Gasteiger partial charge in [-0.2, -0.15) is 4.98 Å². The first-order valence-electron chi connectivity index (χ1n) is 8.94. The van der Waals surface area contributed by atoms with Gasteiger partial charge in [0.05, 0.1) is 5.92 Å². The number of methoxy groups -OCH3 is 1. The first kappa shape index (κ1) is 19.0. The van der Waals surface area contributed by atoms with E-state index in [4.69, 9.17) is 9.26 Å². The van der Waals surface area contributed by atoms with Crippen molar-refractivity contribution in [3.05, 3.63) is 30.4 Å². The molecule has 0 saturated carbocycles. The summed E-state index contributed by atoms with van der Waals surface area (Å²) in [5, 5.41) is 6.82. The number of pyridine rings is 1. The molecule has 9 nitrogen and oxygen atoms in total. The summed E-state index contributed by atoms with van der Waals surface area (Å²) < 4.78 is 10.1. The van der Waals surface area contributed by atoms with Gasteiger partial charge in [0, 0.05) is 51.1 Å². The van der Waals surface area contributed by atoms with Crippen molar-refractivity contribution in [1.82, 2.24) is 25.3 Å². The number of carbonyl (C=O) groups is 2. The summed E-state index contributed by atoms with van der Waals surface area (Å²) in [5.41, 5.74) is 0.777. The van der Waals surface area contributed by atoms with Crippen molar-refractivity contribution < 1.29 is 18.8 Å². The predicted molar refractivity (Wildman–Crippen MR) is 95.4 cm³/mol. The first-order chi connectivity index (χ1) is 13.2. The largest absolute Gasteiger partial charge is 0.375 e. The van der Waals surface area contributed by atoms with E-state index in [0.29, 0.717) is 37.8 Å². The molecule has 2 amide bonds. The Balaban J connectivity index is 1.45. The van der Waals surface area contributed by atoms with Gasteiger partial charge < -0.3 is 19.5 Å². The highest BCUT2D eigenvalue weighted by Crippen LogP contribution is 2.17. The topological polar surface area (TPSA) is 110 Å². The Hall–Kier alpha value is -2.81. The maximum absolute atomic E-state index is 12.4. The summed E-state index contributed by atoms with van der Waals surface area (Å²) in [5.74, 6) is 0.590. The van der Waals surface area contributed by atoms with E-state index < -0.39 is 0 Å². The number of likely N-dealkylation sites (tertiary alicyclic amines) is 1. The van der Waals surface area contributed by atoms with E-state index in [1.54, 1.807) is 23.4 Å². The minimum atomic E-state index is -0.201. The van der Waals surface area contributed by atoms with Gasteiger partial charge >= 0.3 is 0 Å². The molecule has 0 aliphatic carbocycles. The number of rotatable bonds is 7. The van der Waals surface area contributed by atoms with Crippen molar-refractivity contribution in [1.29, 1.82) is 0 Å². The van der Waals surface area contributed by atoms with Crippen LogP contribution in [0.1, 0.15) is 18.7 Å². The van der Waals surface area contributed by atoms with Crippen molar-refractivity contribution in [2.45, 2.75) is 19.3 Å². The molecule has 0 bridgehead atoms. The van der Waals surface area contributed by atoms with E-state index in [1.807, 2.05) is 6.07 Å². The molecular formula is C18H23N5O4. The first-order valence-corrected chi connectivity index (χ1v) is 8.94. The van der Waals surface area contributed by atoms with Crippen LogP contribution in [0, 0.1) is 5.92 Å². The van der Waals surface area contributed by atoms with Crippen LogP contribution in [0.4, 0.5) is 0 Å². The van der Waals surface area contributed by atoms with Crippen LogP contribution < -0.4 is 5.32 Å². The fourth-order valence-electron chi connectivity index (χ4n) is 3.04. The molecule has 1 saturated heterocycles. The highest BCUT2D eigenvalue weighted by molar-refractivity contribution is 5.81. The lowest BCUT2D eigenvalue weighted by molar-refractivity contribution is -0.138. The Bertz CT molecular complexity index is 764. The van der Waals surface area contributed by atoms with E-state index in [9.17, 15) is 9.59 Å². The van der Waals surface area contributed by atoms with Gasteiger partial charge in [0.25, 0.3) is 0 Å². The Labute approximate surface area is 157 Å². The van der Waals surface area contributed by atoms with Crippen LogP contribution in [0.15, 0.2) is 29.0 Å². The number of amides is 2. The third kappa shape index (κ3) is 5.10. The number of carbonyl (C=O) groups excluding carboxylic acids is 2. The lowest BCUT2D eigenvalue weighted by atomic mass is 9.97. The van der Waals surface area contributed by atoms with E-state index in [0.717, 1.165) is 18.4 Å². The molecule has 2 aromatic heterocycles. The van der Waals surface area contributed by atoms with Crippen LogP contribution in [0.3, 0.4) is 0 Å². The van der Waals surface area contributed by atoms with Gasteiger partial charge in [0.1, 0.15) is 6.61 Å². The average molecular weight is 373 g/mol.